The van der Waals surface area contributed by atoms with Gasteiger partial charge in [0.15, 0.2) is 0 Å². The van der Waals surface area contributed by atoms with Gasteiger partial charge < -0.3 is 10.1 Å². The van der Waals surface area contributed by atoms with E-state index in [0.717, 1.165) is 29.7 Å². The molecule has 0 heterocycles. The predicted octanol–water partition coefficient (Wildman–Crippen LogP) is 4.45. The van der Waals surface area contributed by atoms with Crippen molar-refractivity contribution in [2.45, 2.75) is 51.6 Å². The molecule has 0 atom stereocenters. The summed E-state index contributed by atoms with van der Waals surface area (Å²) in [5, 5.41) is 3.48. The van der Waals surface area contributed by atoms with Gasteiger partial charge in [0.05, 0.1) is 4.47 Å². The number of rotatable bonds is 7. The molecule has 2 rings (SSSR count). The highest BCUT2D eigenvalue weighted by Gasteiger charge is 2.39. The van der Waals surface area contributed by atoms with E-state index in [4.69, 9.17) is 4.74 Å². The van der Waals surface area contributed by atoms with Crippen molar-refractivity contribution in [3.63, 3.8) is 0 Å². The molecule has 1 saturated carbocycles. The van der Waals surface area contributed by atoms with E-state index in [2.05, 4.69) is 53.3 Å². The molecule has 1 aromatic rings. The zero-order valence-corrected chi connectivity index (χ0v) is 13.6. The van der Waals surface area contributed by atoms with Crippen molar-refractivity contribution in [3.05, 3.63) is 28.2 Å². The van der Waals surface area contributed by atoms with Crippen LogP contribution in [0.2, 0.25) is 0 Å². The van der Waals surface area contributed by atoms with Crippen molar-refractivity contribution in [3.8, 4) is 5.75 Å². The van der Waals surface area contributed by atoms with Crippen LogP contribution >= 0.6 is 15.9 Å². The van der Waals surface area contributed by atoms with Crippen LogP contribution in [0.15, 0.2) is 22.7 Å². The summed E-state index contributed by atoms with van der Waals surface area (Å²) in [4.78, 5) is 0. The minimum Gasteiger partial charge on any atom is -0.486 e. The van der Waals surface area contributed by atoms with Gasteiger partial charge in [0.2, 0.25) is 0 Å². The molecule has 0 bridgehead atoms. The van der Waals surface area contributed by atoms with Gasteiger partial charge in [0, 0.05) is 0 Å². The lowest BCUT2D eigenvalue weighted by Crippen LogP contribution is -2.45. The first-order valence-electron chi connectivity index (χ1n) is 7.31. The van der Waals surface area contributed by atoms with Gasteiger partial charge in [0.25, 0.3) is 0 Å². The third-order valence-electron chi connectivity index (χ3n) is 3.86. The zero-order valence-electron chi connectivity index (χ0n) is 12.0. The minimum absolute atomic E-state index is 0.0680. The quantitative estimate of drug-likeness (QED) is 0.748. The topological polar surface area (TPSA) is 21.3 Å². The first-order valence-corrected chi connectivity index (χ1v) is 8.10. The Balaban J connectivity index is 1.94. The molecule has 1 aliphatic carbocycles. The Morgan fingerprint density at radius 3 is 2.68 bits per heavy atom. The number of hydrogen-bond acceptors (Lipinski definition) is 2. The van der Waals surface area contributed by atoms with Gasteiger partial charge in [0.1, 0.15) is 11.4 Å². The van der Waals surface area contributed by atoms with Crippen LogP contribution < -0.4 is 10.1 Å². The van der Waals surface area contributed by atoms with E-state index < -0.39 is 0 Å². The molecule has 1 aliphatic rings. The van der Waals surface area contributed by atoms with Gasteiger partial charge in [-0.15, -0.1) is 0 Å². The molecule has 1 N–H and O–H groups in total. The van der Waals surface area contributed by atoms with E-state index in [1.165, 1.54) is 31.2 Å². The molecule has 0 aliphatic heterocycles. The standard InChI is InChI=1S/C16H24BrNO/c1-3-10-18-11-9-16(7-4-8-16)19-15-6-5-13(2)12-14(15)17/h5-6,12,18H,3-4,7-11H2,1-2H3. The molecule has 0 saturated heterocycles. The molecule has 106 valence electrons. The lowest BCUT2D eigenvalue weighted by molar-refractivity contribution is -0.0148. The first-order chi connectivity index (χ1) is 9.15. The normalized spacial score (nSPS) is 17.0. The summed E-state index contributed by atoms with van der Waals surface area (Å²) in [7, 11) is 0. The summed E-state index contributed by atoms with van der Waals surface area (Å²) in [6.45, 7) is 6.45. The summed E-state index contributed by atoms with van der Waals surface area (Å²) in [5.74, 6) is 0.987. The van der Waals surface area contributed by atoms with Crippen LogP contribution in [0.4, 0.5) is 0 Å². The van der Waals surface area contributed by atoms with Gasteiger partial charge in [-0.2, -0.15) is 0 Å². The molecule has 19 heavy (non-hydrogen) atoms. The van der Waals surface area contributed by atoms with Crippen LogP contribution in [0, 0.1) is 6.92 Å². The monoisotopic (exact) mass is 325 g/mol. The minimum atomic E-state index is 0.0680. The molecule has 3 heteroatoms. The highest BCUT2D eigenvalue weighted by atomic mass is 79.9. The fraction of sp³-hybridized carbons (Fsp3) is 0.625. The second kappa shape index (κ2) is 6.76. The molecule has 0 unspecified atom stereocenters. The van der Waals surface area contributed by atoms with Crippen molar-refractivity contribution < 1.29 is 4.74 Å². The summed E-state index contributed by atoms with van der Waals surface area (Å²) in [6.07, 6.45) is 5.95. The lowest BCUT2D eigenvalue weighted by Gasteiger charge is -2.42. The van der Waals surface area contributed by atoms with Crippen LogP contribution in [0.1, 0.15) is 44.6 Å². The summed E-state index contributed by atoms with van der Waals surface area (Å²) in [5.41, 5.74) is 1.32. The van der Waals surface area contributed by atoms with Crippen molar-refractivity contribution in [1.29, 1.82) is 0 Å². The molecule has 2 nitrogen and oxygen atoms in total. The Morgan fingerprint density at radius 2 is 2.11 bits per heavy atom. The average Bonchev–Trinajstić information content (AvgIpc) is 2.34. The van der Waals surface area contributed by atoms with Crippen LogP contribution in [-0.2, 0) is 0 Å². The van der Waals surface area contributed by atoms with Crippen molar-refractivity contribution >= 4 is 15.9 Å². The van der Waals surface area contributed by atoms with E-state index in [1.807, 2.05) is 0 Å². The van der Waals surface area contributed by atoms with Gasteiger partial charge in [-0.25, -0.2) is 0 Å². The Hall–Kier alpha value is -0.540. The first kappa shape index (κ1) is 14.9. The maximum Gasteiger partial charge on any atom is 0.134 e. The molecular weight excluding hydrogens is 302 g/mol. The summed E-state index contributed by atoms with van der Waals surface area (Å²) in [6, 6.07) is 6.32. The zero-order chi connectivity index (χ0) is 13.7. The molecule has 1 fully saturated rings. The van der Waals surface area contributed by atoms with Crippen molar-refractivity contribution in [1.82, 2.24) is 5.32 Å². The van der Waals surface area contributed by atoms with Crippen molar-refractivity contribution in [2.24, 2.45) is 0 Å². The summed E-state index contributed by atoms with van der Waals surface area (Å²) < 4.78 is 7.39. The number of hydrogen-bond donors (Lipinski definition) is 1. The van der Waals surface area contributed by atoms with E-state index in [1.54, 1.807) is 0 Å². The van der Waals surface area contributed by atoms with Gasteiger partial charge in [-0.1, -0.05) is 13.0 Å². The van der Waals surface area contributed by atoms with Crippen LogP contribution in [0.3, 0.4) is 0 Å². The van der Waals surface area contributed by atoms with E-state index >= 15 is 0 Å². The molecule has 0 spiro atoms. The Bertz CT molecular complexity index is 415. The lowest BCUT2D eigenvalue weighted by atomic mass is 9.77. The Kier molecular flexibility index (Phi) is 5.28. The predicted molar refractivity (Wildman–Crippen MR) is 83.9 cm³/mol. The number of aryl methyl sites for hydroxylation is 1. The number of nitrogens with one attached hydrogen (secondary N) is 1. The van der Waals surface area contributed by atoms with Crippen molar-refractivity contribution in [2.75, 3.05) is 13.1 Å². The average molecular weight is 326 g/mol. The number of ether oxygens (including phenoxy) is 1. The molecule has 0 radical (unpaired) electrons. The van der Waals surface area contributed by atoms with E-state index in [-0.39, 0.29) is 5.60 Å². The largest absolute Gasteiger partial charge is 0.486 e. The third kappa shape index (κ3) is 3.96. The Labute approximate surface area is 125 Å². The van der Waals surface area contributed by atoms with Gasteiger partial charge >= 0.3 is 0 Å². The molecule has 0 amide bonds. The summed E-state index contributed by atoms with van der Waals surface area (Å²) >= 11 is 3.61. The number of halogens is 1. The second-order valence-electron chi connectivity index (χ2n) is 5.57. The fourth-order valence-electron chi connectivity index (χ4n) is 2.51. The maximum atomic E-state index is 6.32. The van der Waals surface area contributed by atoms with Gasteiger partial charge in [-0.3, -0.25) is 0 Å². The highest BCUT2D eigenvalue weighted by molar-refractivity contribution is 9.10. The SMILES string of the molecule is CCCNCCC1(Oc2ccc(C)cc2Br)CCC1. The maximum absolute atomic E-state index is 6.32. The van der Waals surface area contributed by atoms with E-state index in [0.29, 0.717) is 0 Å². The van der Waals surface area contributed by atoms with Crippen LogP contribution in [0.5, 0.6) is 5.75 Å². The molecule has 1 aromatic carbocycles. The van der Waals surface area contributed by atoms with E-state index in [9.17, 15) is 0 Å². The van der Waals surface area contributed by atoms with Crippen LogP contribution in [-0.4, -0.2) is 18.7 Å². The third-order valence-corrected chi connectivity index (χ3v) is 4.48. The Morgan fingerprint density at radius 1 is 1.32 bits per heavy atom. The fourth-order valence-corrected chi connectivity index (χ4v) is 3.09. The second-order valence-corrected chi connectivity index (χ2v) is 6.43. The molecule has 0 aromatic heterocycles. The molecular formula is C16H24BrNO. The highest BCUT2D eigenvalue weighted by Crippen LogP contribution is 2.41. The number of benzene rings is 1. The van der Waals surface area contributed by atoms with Gasteiger partial charge in [-0.05, 0) is 85.7 Å². The van der Waals surface area contributed by atoms with Crippen LogP contribution in [0.25, 0.3) is 0 Å². The smallest absolute Gasteiger partial charge is 0.134 e.